The monoisotopic (exact) mass is 457 g/mol. The zero-order chi connectivity index (χ0) is 22.8. The van der Waals surface area contributed by atoms with E-state index in [9.17, 15) is 26.4 Å². The minimum Gasteiger partial charge on any atom is -0.378 e. The highest BCUT2D eigenvalue weighted by Crippen LogP contribution is 2.36. The molecule has 31 heavy (non-hydrogen) atoms. The van der Waals surface area contributed by atoms with Crippen molar-refractivity contribution in [3.05, 3.63) is 53.6 Å². The number of sulfonamides is 1. The van der Waals surface area contributed by atoms with Gasteiger partial charge in [0.2, 0.25) is 10.0 Å². The number of ether oxygens (including phenoxy) is 1. The summed E-state index contributed by atoms with van der Waals surface area (Å²) in [5.74, 6) is -0.650. The van der Waals surface area contributed by atoms with Crippen molar-refractivity contribution in [2.24, 2.45) is 0 Å². The van der Waals surface area contributed by atoms with E-state index in [2.05, 4.69) is 5.32 Å². The number of carbonyl (C=O) groups is 1. The minimum absolute atomic E-state index is 0.00197. The van der Waals surface area contributed by atoms with Gasteiger partial charge in [-0.05, 0) is 42.5 Å². The summed E-state index contributed by atoms with van der Waals surface area (Å²) in [6.45, 7) is 1.81. The molecule has 0 unspecified atom stereocenters. The van der Waals surface area contributed by atoms with Crippen LogP contribution in [0.4, 0.5) is 24.5 Å². The van der Waals surface area contributed by atoms with E-state index in [-0.39, 0.29) is 16.1 Å². The first kappa shape index (κ1) is 23.0. The highest BCUT2D eigenvalue weighted by molar-refractivity contribution is 7.89. The van der Waals surface area contributed by atoms with Crippen LogP contribution in [0.2, 0.25) is 0 Å². The second-order valence-corrected chi connectivity index (χ2v) is 9.25. The topological polar surface area (TPSA) is 79.0 Å². The maximum atomic E-state index is 13.2. The first-order chi connectivity index (χ1) is 14.5. The fourth-order valence-electron chi connectivity index (χ4n) is 3.08. The van der Waals surface area contributed by atoms with Gasteiger partial charge in [0, 0.05) is 32.7 Å². The molecule has 11 heteroatoms. The van der Waals surface area contributed by atoms with Crippen LogP contribution in [-0.2, 0) is 20.9 Å². The molecule has 7 nitrogen and oxygen atoms in total. The van der Waals surface area contributed by atoms with Crippen molar-refractivity contribution in [2.75, 3.05) is 50.6 Å². The summed E-state index contributed by atoms with van der Waals surface area (Å²) in [7, 11) is -0.892. The quantitative estimate of drug-likeness (QED) is 0.747. The van der Waals surface area contributed by atoms with Crippen LogP contribution in [0.15, 0.2) is 47.4 Å². The van der Waals surface area contributed by atoms with Gasteiger partial charge in [-0.15, -0.1) is 0 Å². The van der Waals surface area contributed by atoms with E-state index < -0.39 is 27.7 Å². The lowest BCUT2D eigenvalue weighted by Crippen LogP contribution is -2.36. The number of halogens is 3. The standard InChI is InChI=1S/C20H22F3N3O4S/c1-25(2)31(28,29)16-6-3-14(4-7-16)19(27)24-17-13-15(20(21,22)23)5-8-18(17)26-9-11-30-12-10-26/h3-8,13H,9-12H2,1-2H3,(H,24,27). The van der Waals surface area contributed by atoms with E-state index in [1.165, 1.54) is 44.4 Å². The smallest absolute Gasteiger partial charge is 0.378 e. The van der Waals surface area contributed by atoms with Gasteiger partial charge in [-0.1, -0.05) is 0 Å². The van der Waals surface area contributed by atoms with Crippen LogP contribution in [-0.4, -0.2) is 59.0 Å². The van der Waals surface area contributed by atoms with Crippen LogP contribution in [0.1, 0.15) is 15.9 Å². The number of nitrogens with zero attached hydrogens (tertiary/aromatic N) is 2. The van der Waals surface area contributed by atoms with Crippen LogP contribution in [0.5, 0.6) is 0 Å². The zero-order valence-corrected chi connectivity index (χ0v) is 17.8. The lowest BCUT2D eigenvalue weighted by molar-refractivity contribution is -0.137. The van der Waals surface area contributed by atoms with Gasteiger partial charge in [-0.25, -0.2) is 12.7 Å². The summed E-state index contributed by atoms with van der Waals surface area (Å²) in [4.78, 5) is 14.6. The number of morpholine rings is 1. The molecule has 2 aromatic carbocycles. The zero-order valence-electron chi connectivity index (χ0n) is 16.9. The fourth-order valence-corrected chi connectivity index (χ4v) is 3.98. The van der Waals surface area contributed by atoms with Gasteiger partial charge in [0.05, 0.1) is 35.0 Å². The number of rotatable bonds is 5. The highest BCUT2D eigenvalue weighted by Gasteiger charge is 2.32. The van der Waals surface area contributed by atoms with Crippen molar-refractivity contribution < 1.29 is 31.1 Å². The molecule has 0 bridgehead atoms. The number of alkyl halides is 3. The van der Waals surface area contributed by atoms with Crippen molar-refractivity contribution in [1.82, 2.24) is 4.31 Å². The Kier molecular flexibility index (Phi) is 6.58. The van der Waals surface area contributed by atoms with Gasteiger partial charge in [0.15, 0.2) is 0 Å². The number of carbonyl (C=O) groups excluding carboxylic acids is 1. The SMILES string of the molecule is CN(C)S(=O)(=O)c1ccc(C(=O)Nc2cc(C(F)(F)F)ccc2N2CCOCC2)cc1. The highest BCUT2D eigenvalue weighted by atomic mass is 32.2. The first-order valence-electron chi connectivity index (χ1n) is 9.38. The normalized spacial score (nSPS) is 15.2. The maximum absolute atomic E-state index is 13.2. The van der Waals surface area contributed by atoms with Gasteiger partial charge in [-0.2, -0.15) is 13.2 Å². The lowest BCUT2D eigenvalue weighted by Gasteiger charge is -2.31. The average molecular weight is 457 g/mol. The van der Waals surface area contributed by atoms with Crippen LogP contribution >= 0.6 is 0 Å². The second kappa shape index (κ2) is 8.85. The number of hydrogen-bond donors (Lipinski definition) is 1. The van der Waals surface area contributed by atoms with E-state index in [0.717, 1.165) is 16.4 Å². The molecule has 1 saturated heterocycles. The summed E-state index contributed by atoms with van der Waals surface area (Å²) in [6, 6.07) is 8.38. The van der Waals surface area contributed by atoms with Gasteiger partial charge in [0.1, 0.15) is 0 Å². The Hall–Kier alpha value is -2.63. The van der Waals surface area contributed by atoms with Gasteiger partial charge < -0.3 is 15.0 Å². The summed E-state index contributed by atoms with van der Waals surface area (Å²) in [6.07, 6.45) is -4.56. The lowest BCUT2D eigenvalue weighted by atomic mass is 10.1. The summed E-state index contributed by atoms with van der Waals surface area (Å²) in [5.41, 5.74) is -0.293. The third-order valence-corrected chi connectivity index (χ3v) is 6.65. The third kappa shape index (κ3) is 5.17. The van der Waals surface area contributed by atoms with Gasteiger partial charge >= 0.3 is 6.18 Å². The van der Waals surface area contributed by atoms with E-state index >= 15 is 0 Å². The molecule has 1 N–H and O–H groups in total. The van der Waals surface area contributed by atoms with E-state index in [1.807, 2.05) is 4.90 Å². The van der Waals surface area contributed by atoms with Gasteiger partial charge in [-0.3, -0.25) is 4.79 Å². The Labute approximate surface area is 178 Å². The van der Waals surface area contributed by atoms with Crippen LogP contribution in [0, 0.1) is 0 Å². The molecule has 1 heterocycles. The van der Waals surface area contributed by atoms with Crippen molar-refractivity contribution in [1.29, 1.82) is 0 Å². The Bertz CT molecular complexity index is 1050. The minimum atomic E-state index is -4.56. The Balaban J connectivity index is 1.90. The molecule has 0 radical (unpaired) electrons. The Morgan fingerprint density at radius 3 is 2.23 bits per heavy atom. The van der Waals surface area contributed by atoms with Crippen molar-refractivity contribution in [3.8, 4) is 0 Å². The van der Waals surface area contributed by atoms with Crippen molar-refractivity contribution >= 4 is 27.3 Å². The molecule has 0 spiro atoms. The van der Waals surface area contributed by atoms with E-state index in [4.69, 9.17) is 4.74 Å². The number of hydrogen-bond acceptors (Lipinski definition) is 5. The fraction of sp³-hybridized carbons (Fsp3) is 0.350. The summed E-state index contributed by atoms with van der Waals surface area (Å²) < 4.78 is 70.3. The molecule has 3 rings (SSSR count). The van der Waals surface area contributed by atoms with E-state index in [1.54, 1.807) is 0 Å². The molecular formula is C20H22F3N3O4S. The van der Waals surface area contributed by atoms with Crippen molar-refractivity contribution in [3.63, 3.8) is 0 Å². The predicted octanol–water partition coefficient (Wildman–Crippen LogP) is 3.04. The Morgan fingerprint density at radius 1 is 1.06 bits per heavy atom. The molecule has 168 valence electrons. The van der Waals surface area contributed by atoms with E-state index in [0.29, 0.717) is 32.0 Å². The molecule has 1 fully saturated rings. The average Bonchev–Trinajstić information content (AvgIpc) is 2.73. The number of amides is 1. The molecule has 1 amide bonds. The van der Waals surface area contributed by atoms with Crippen LogP contribution < -0.4 is 10.2 Å². The molecule has 0 atom stereocenters. The summed E-state index contributed by atoms with van der Waals surface area (Å²) in [5, 5.41) is 2.54. The first-order valence-corrected chi connectivity index (χ1v) is 10.8. The summed E-state index contributed by atoms with van der Waals surface area (Å²) >= 11 is 0. The molecule has 1 aliphatic rings. The largest absolute Gasteiger partial charge is 0.416 e. The molecule has 0 aliphatic carbocycles. The number of nitrogens with one attached hydrogen (secondary N) is 1. The molecule has 0 aromatic heterocycles. The third-order valence-electron chi connectivity index (χ3n) is 4.82. The van der Waals surface area contributed by atoms with Crippen molar-refractivity contribution in [2.45, 2.75) is 11.1 Å². The molecule has 0 saturated carbocycles. The van der Waals surface area contributed by atoms with Crippen LogP contribution in [0.25, 0.3) is 0 Å². The van der Waals surface area contributed by atoms with Gasteiger partial charge in [0.25, 0.3) is 5.91 Å². The Morgan fingerprint density at radius 2 is 1.68 bits per heavy atom. The predicted molar refractivity (Wildman–Crippen MR) is 110 cm³/mol. The van der Waals surface area contributed by atoms with Crippen LogP contribution in [0.3, 0.4) is 0 Å². The number of benzene rings is 2. The molecule has 2 aromatic rings. The number of anilines is 2. The molecular weight excluding hydrogens is 435 g/mol. The second-order valence-electron chi connectivity index (χ2n) is 7.10. The maximum Gasteiger partial charge on any atom is 0.416 e. The molecule has 1 aliphatic heterocycles.